The van der Waals surface area contributed by atoms with Gasteiger partial charge in [0.15, 0.2) is 5.69 Å². The van der Waals surface area contributed by atoms with E-state index in [-0.39, 0.29) is 11.3 Å². The summed E-state index contributed by atoms with van der Waals surface area (Å²) in [5.74, 6) is -1.48. The molecule has 2 N–H and O–H groups in total. The molecule has 1 saturated heterocycles. The van der Waals surface area contributed by atoms with Gasteiger partial charge in [0.05, 0.1) is 28.4 Å². The van der Waals surface area contributed by atoms with E-state index >= 15 is 0 Å². The van der Waals surface area contributed by atoms with Crippen LogP contribution in [0.2, 0.25) is 10.0 Å². The van der Waals surface area contributed by atoms with Gasteiger partial charge in [-0.15, -0.1) is 0 Å². The van der Waals surface area contributed by atoms with Crippen LogP contribution in [-0.2, 0) is 16.8 Å². The lowest BCUT2D eigenvalue weighted by Crippen LogP contribution is -2.45. The first-order valence-electron chi connectivity index (χ1n) is 12.2. The fourth-order valence-corrected chi connectivity index (χ4v) is 5.25. The van der Waals surface area contributed by atoms with Crippen molar-refractivity contribution in [2.24, 2.45) is 0 Å². The van der Waals surface area contributed by atoms with Gasteiger partial charge >= 0.3 is 5.97 Å². The van der Waals surface area contributed by atoms with E-state index in [4.69, 9.17) is 23.2 Å². The van der Waals surface area contributed by atoms with Crippen molar-refractivity contribution in [2.45, 2.75) is 24.9 Å². The minimum Gasteiger partial charge on any atom is -0.481 e. The summed E-state index contributed by atoms with van der Waals surface area (Å²) in [6, 6.07) is 23.4. The highest BCUT2D eigenvalue weighted by molar-refractivity contribution is 6.32. The van der Waals surface area contributed by atoms with Gasteiger partial charge in [0.2, 0.25) is 0 Å². The molecule has 1 fully saturated rings. The number of aliphatic carboxylic acids is 1. The van der Waals surface area contributed by atoms with Crippen molar-refractivity contribution in [2.75, 3.05) is 13.1 Å². The quantitative estimate of drug-likeness (QED) is 0.326. The molecule has 1 aliphatic heterocycles. The van der Waals surface area contributed by atoms with Gasteiger partial charge in [-0.3, -0.25) is 9.59 Å². The molecular formula is C29H25Cl2N3O4. The number of hydrogen-bond acceptors (Lipinski definition) is 4. The lowest BCUT2D eigenvalue weighted by Gasteiger charge is -2.38. The fraction of sp³-hybridized carbons (Fsp3) is 0.207. The highest BCUT2D eigenvalue weighted by Crippen LogP contribution is 2.36. The van der Waals surface area contributed by atoms with Crippen LogP contribution in [0.25, 0.3) is 16.9 Å². The summed E-state index contributed by atoms with van der Waals surface area (Å²) in [6.45, 7) is 0.595. The summed E-state index contributed by atoms with van der Waals surface area (Å²) < 4.78 is 1.53. The number of piperidine rings is 1. The molecule has 1 amide bonds. The molecule has 3 aromatic carbocycles. The monoisotopic (exact) mass is 549 g/mol. The number of amides is 1. The second-order valence-corrected chi connectivity index (χ2v) is 10.1. The minimum absolute atomic E-state index is 0.0439. The maximum Gasteiger partial charge on any atom is 0.307 e. The Morgan fingerprint density at radius 1 is 0.895 bits per heavy atom. The molecule has 2 heterocycles. The normalized spacial score (nSPS) is 14.9. The summed E-state index contributed by atoms with van der Waals surface area (Å²) in [5.41, 5.74) is 1.73. The van der Waals surface area contributed by atoms with Gasteiger partial charge in [0.1, 0.15) is 0 Å². The molecule has 0 bridgehead atoms. The molecule has 0 radical (unpaired) electrons. The zero-order valence-corrected chi connectivity index (χ0v) is 21.9. The minimum atomic E-state index is -1.09. The Labute approximate surface area is 229 Å². The van der Waals surface area contributed by atoms with Crippen LogP contribution in [0, 0.1) is 0 Å². The fourth-order valence-electron chi connectivity index (χ4n) is 4.91. The third kappa shape index (κ3) is 5.05. The van der Waals surface area contributed by atoms with E-state index in [1.807, 2.05) is 30.3 Å². The molecule has 1 aliphatic rings. The molecule has 0 spiro atoms. The van der Waals surface area contributed by atoms with Crippen LogP contribution >= 0.6 is 23.2 Å². The summed E-state index contributed by atoms with van der Waals surface area (Å²) >= 11 is 12.6. The lowest BCUT2D eigenvalue weighted by molar-refractivity contribution is -0.136. The van der Waals surface area contributed by atoms with Gasteiger partial charge in [0.25, 0.3) is 5.91 Å². The second-order valence-electron chi connectivity index (χ2n) is 9.31. The molecule has 1 aromatic heterocycles. The first-order valence-corrected chi connectivity index (χ1v) is 12.9. The number of carbonyl (C=O) groups is 2. The number of aromatic nitrogens is 2. The molecule has 0 saturated carbocycles. The van der Waals surface area contributed by atoms with Crippen molar-refractivity contribution in [1.82, 2.24) is 14.7 Å². The molecular weight excluding hydrogens is 525 g/mol. The van der Waals surface area contributed by atoms with Crippen molar-refractivity contribution >= 4 is 35.1 Å². The molecule has 0 aliphatic carbocycles. The number of rotatable bonds is 6. The number of hydrogen-bond donors (Lipinski definition) is 2. The van der Waals surface area contributed by atoms with E-state index in [9.17, 15) is 19.8 Å². The number of aliphatic hydroxyl groups is 1. The van der Waals surface area contributed by atoms with Crippen molar-refractivity contribution in [3.63, 3.8) is 0 Å². The molecule has 38 heavy (non-hydrogen) atoms. The second kappa shape index (κ2) is 10.6. The largest absolute Gasteiger partial charge is 0.481 e. The van der Waals surface area contributed by atoms with Gasteiger partial charge in [-0.1, -0.05) is 77.8 Å². The number of nitrogens with zero attached hydrogens (tertiary/aromatic N) is 3. The third-order valence-electron chi connectivity index (χ3n) is 6.90. The predicted molar refractivity (Wildman–Crippen MR) is 146 cm³/mol. The average Bonchev–Trinajstić information content (AvgIpc) is 3.28. The summed E-state index contributed by atoms with van der Waals surface area (Å²) in [4.78, 5) is 27.4. The van der Waals surface area contributed by atoms with Crippen LogP contribution in [0.4, 0.5) is 0 Å². The average molecular weight is 550 g/mol. The van der Waals surface area contributed by atoms with Gasteiger partial charge < -0.3 is 15.1 Å². The first kappa shape index (κ1) is 26.0. The summed E-state index contributed by atoms with van der Waals surface area (Å²) in [5, 5.41) is 26.6. The van der Waals surface area contributed by atoms with Crippen molar-refractivity contribution in [3.05, 3.63) is 106 Å². The van der Waals surface area contributed by atoms with Gasteiger partial charge in [0, 0.05) is 29.2 Å². The van der Waals surface area contributed by atoms with Crippen LogP contribution < -0.4 is 0 Å². The Hall–Kier alpha value is -3.65. The topological polar surface area (TPSA) is 95.7 Å². The van der Waals surface area contributed by atoms with Gasteiger partial charge in [-0.25, -0.2) is 4.68 Å². The third-order valence-corrected chi connectivity index (χ3v) is 7.47. The molecule has 7 nitrogen and oxygen atoms in total. The Bertz CT molecular complexity index is 1480. The highest BCUT2D eigenvalue weighted by atomic mass is 35.5. The summed E-state index contributed by atoms with van der Waals surface area (Å²) in [7, 11) is 0. The zero-order chi connectivity index (χ0) is 26.9. The highest BCUT2D eigenvalue weighted by Gasteiger charge is 2.37. The SMILES string of the molecule is O=C(O)Cc1c(C(=O)N2CCC(O)(c3ccccc3)CC2)nn(-c2ccccc2Cl)c1-c1ccc(Cl)cc1. The molecule has 194 valence electrons. The molecule has 5 rings (SSSR count). The van der Waals surface area contributed by atoms with E-state index in [1.54, 1.807) is 53.4 Å². The van der Waals surface area contributed by atoms with E-state index < -0.39 is 23.9 Å². The standard InChI is InChI=1S/C29H25Cl2N3O4/c30-21-12-10-19(11-13-21)27-22(18-25(35)36)26(32-34(27)24-9-5-4-8-23(24)31)28(37)33-16-14-29(38,15-17-33)20-6-2-1-3-7-20/h1-13,38H,14-18H2,(H,35,36). The molecule has 0 unspecified atom stereocenters. The maximum absolute atomic E-state index is 13.8. The summed E-state index contributed by atoms with van der Waals surface area (Å²) in [6.07, 6.45) is 0.295. The van der Waals surface area contributed by atoms with Crippen LogP contribution in [0.5, 0.6) is 0 Å². The number of carboxylic acids is 1. The first-order chi connectivity index (χ1) is 18.3. The Balaban J connectivity index is 1.57. The van der Waals surface area contributed by atoms with Crippen LogP contribution in [-0.4, -0.2) is 49.9 Å². The number of benzene rings is 3. The number of carbonyl (C=O) groups excluding carboxylic acids is 1. The number of para-hydroxylation sites is 1. The number of halogens is 2. The molecule has 9 heteroatoms. The Kier molecular flexibility index (Phi) is 7.25. The number of likely N-dealkylation sites (tertiary alicyclic amines) is 1. The van der Waals surface area contributed by atoms with Crippen molar-refractivity contribution < 1.29 is 19.8 Å². The van der Waals surface area contributed by atoms with Crippen LogP contribution in [0.3, 0.4) is 0 Å². The van der Waals surface area contributed by atoms with E-state index in [1.165, 1.54) is 4.68 Å². The van der Waals surface area contributed by atoms with E-state index in [0.29, 0.717) is 52.9 Å². The van der Waals surface area contributed by atoms with E-state index in [0.717, 1.165) is 5.56 Å². The van der Waals surface area contributed by atoms with Gasteiger partial charge in [-0.05, 0) is 42.7 Å². The van der Waals surface area contributed by atoms with Gasteiger partial charge in [-0.2, -0.15) is 5.10 Å². The lowest BCUT2D eigenvalue weighted by atomic mass is 9.84. The zero-order valence-electron chi connectivity index (χ0n) is 20.3. The number of carboxylic acid groups (broad SMARTS) is 1. The Morgan fingerprint density at radius 3 is 2.16 bits per heavy atom. The van der Waals surface area contributed by atoms with Crippen molar-refractivity contribution in [3.8, 4) is 16.9 Å². The molecule has 0 atom stereocenters. The van der Waals surface area contributed by atoms with E-state index in [2.05, 4.69) is 5.10 Å². The van der Waals surface area contributed by atoms with Crippen LogP contribution in [0.15, 0.2) is 78.9 Å². The maximum atomic E-state index is 13.8. The van der Waals surface area contributed by atoms with Crippen LogP contribution in [0.1, 0.15) is 34.5 Å². The Morgan fingerprint density at radius 2 is 1.53 bits per heavy atom. The molecule has 4 aromatic rings. The smallest absolute Gasteiger partial charge is 0.307 e. The predicted octanol–water partition coefficient (Wildman–Crippen LogP) is 5.60. The van der Waals surface area contributed by atoms with Crippen molar-refractivity contribution in [1.29, 1.82) is 0 Å².